The number of hydrogen-bond acceptors (Lipinski definition) is 5. The second-order valence-corrected chi connectivity index (χ2v) is 6.96. The van der Waals surface area contributed by atoms with Crippen molar-refractivity contribution in [1.29, 1.82) is 0 Å². The first kappa shape index (κ1) is 19.1. The number of carbonyl (C=O) groups is 1. The molecule has 0 saturated carbocycles. The summed E-state index contributed by atoms with van der Waals surface area (Å²) in [5.41, 5.74) is 2.44. The lowest BCUT2D eigenvalue weighted by Gasteiger charge is -2.14. The Morgan fingerprint density at radius 3 is 2.67 bits per heavy atom. The summed E-state index contributed by atoms with van der Waals surface area (Å²) < 4.78 is 11.4. The molecule has 1 aromatic heterocycles. The van der Waals surface area contributed by atoms with E-state index in [0.29, 0.717) is 12.3 Å². The van der Waals surface area contributed by atoms with Gasteiger partial charge in [-0.1, -0.05) is 17.3 Å². The van der Waals surface area contributed by atoms with Crippen LogP contribution in [0.4, 0.5) is 5.69 Å². The van der Waals surface area contributed by atoms with Gasteiger partial charge in [0.1, 0.15) is 11.4 Å². The van der Waals surface area contributed by atoms with Crippen LogP contribution in [0, 0.1) is 0 Å². The standard InChI is InChI=1S/C20H20BrN3O3/c1-24(13-20(25)22-18-6-4-3-5-17(18)21)12-16-11-19(23-27-16)14-7-9-15(26-2)10-8-14/h3-11H,12-13H2,1-2H3,(H,22,25). The third-order valence-corrected chi connectivity index (χ3v) is 4.62. The van der Waals surface area contributed by atoms with E-state index < -0.39 is 0 Å². The molecule has 1 heterocycles. The zero-order valence-electron chi connectivity index (χ0n) is 15.1. The predicted octanol–water partition coefficient (Wildman–Crippen LogP) is 4.18. The Balaban J connectivity index is 1.56. The summed E-state index contributed by atoms with van der Waals surface area (Å²) in [6, 6.07) is 17.0. The van der Waals surface area contributed by atoms with E-state index in [1.165, 1.54) is 0 Å². The SMILES string of the molecule is COc1ccc(-c2cc(CN(C)CC(=O)Nc3ccccc3Br)on2)cc1. The van der Waals surface area contributed by atoms with Crippen molar-refractivity contribution < 1.29 is 14.1 Å². The van der Waals surface area contributed by atoms with Crippen LogP contribution in [0.5, 0.6) is 5.75 Å². The summed E-state index contributed by atoms with van der Waals surface area (Å²) in [4.78, 5) is 14.1. The number of likely N-dealkylation sites (N-methyl/N-ethyl adjacent to an activating group) is 1. The molecule has 0 aliphatic rings. The molecule has 3 rings (SSSR count). The third kappa shape index (κ3) is 5.18. The molecule has 3 aromatic rings. The van der Waals surface area contributed by atoms with Crippen LogP contribution in [-0.4, -0.2) is 36.7 Å². The van der Waals surface area contributed by atoms with Crippen molar-refractivity contribution in [2.24, 2.45) is 0 Å². The van der Waals surface area contributed by atoms with Gasteiger partial charge in [-0.3, -0.25) is 9.69 Å². The first-order chi connectivity index (χ1) is 13.0. The smallest absolute Gasteiger partial charge is 0.238 e. The minimum Gasteiger partial charge on any atom is -0.497 e. The van der Waals surface area contributed by atoms with Crippen LogP contribution < -0.4 is 10.1 Å². The van der Waals surface area contributed by atoms with Gasteiger partial charge in [-0.05, 0) is 59.4 Å². The van der Waals surface area contributed by atoms with E-state index >= 15 is 0 Å². The van der Waals surface area contributed by atoms with Crippen LogP contribution in [-0.2, 0) is 11.3 Å². The van der Waals surface area contributed by atoms with Crippen molar-refractivity contribution in [2.45, 2.75) is 6.54 Å². The van der Waals surface area contributed by atoms with Crippen LogP contribution in [0.3, 0.4) is 0 Å². The Kier molecular flexibility index (Phi) is 6.26. The number of aromatic nitrogens is 1. The van der Waals surface area contributed by atoms with Crippen molar-refractivity contribution in [2.75, 3.05) is 26.0 Å². The highest BCUT2D eigenvalue weighted by atomic mass is 79.9. The minimum atomic E-state index is -0.0979. The normalized spacial score (nSPS) is 10.8. The molecule has 0 fully saturated rings. The maximum absolute atomic E-state index is 12.2. The van der Waals surface area contributed by atoms with E-state index in [1.54, 1.807) is 7.11 Å². The zero-order valence-corrected chi connectivity index (χ0v) is 16.7. The lowest BCUT2D eigenvalue weighted by molar-refractivity contribution is -0.117. The number of para-hydroxylation sites is 1. The summed E-state index contributed by atoms with van der Waals surface area (Å²) in [5, 5.41) is 6.99. The quantitative estimate of drug-likeness (QED) is 0.609. The third-order valence-electron chi connectivity index (χ3n) is 3.93. The van der Waals surface area contributed by atoms with Gasteiger partial charge in [0.25, 0.3) is 0 Å². The topological polar surface area (TPSA) is 67.6 Å². The number of amides is 1. The first-order valence-electron chi connectivity index (χ1n) is 8.38. The van der Waals surface area contributed by atoms with Gasteiger partial charge in [-0.15, -0.1) is 0 Å². The van der Waals surface area contributed by atoms with E-state index in [2.05, 4.69) is 26.4 Å². The Labute approximate surface area is 166 Å². The number of carbonyl (C=O) groups excluding carboxylic acids is 1. The van der Waals surface area contributed by atoms with Crippen molar-refractivity contribution in [3.8, 4) is 17.0 Å². The summed E-state index contributed by atoms with van der Waals surface area (Å²) in [6.07, 6.45) is 0. The van der Waals surface area contributed by atoms with E-state index in [1.807, 2.05) is 66.5 Å². The predicted molar refractivity (Wildman–Crippen MR) is 108 cm³/mol. The molecule has 6 nitrogen and oxygen atoms in total. The molecule has 1 amide bonds. The largest absolute Gasteiger partial charge is 0.497 e. The Hall–Kier alpha value is -2.64. The molecular formula is C20H20BrN3O3. The van der Waals surface area contributed by atoms with Gasteiger partial charge in [0.05, 0.1) is 25.9 Å². The van der Waals surface area contributed by atoms with Crippen molar-refractivity contribution >= 4 is 27.5 Å². The maximum Gasteiger partial charge on any atom is 0.238 e. The molecule has 140 valence electrons. The van der Waals surface area contributed by atoms with Crippen LogP contribution >= 0.6 is 15.9 Å². The Bertz CT molecular complexity index is 909. The summed E-state index contributed by atoms with van der Waals surface area (Å²) in [5.74, 6) is 1.38. The molecule has 27 heavy (non-hydrogen) atoms. The van der Waals surface area contributed by atoms with Gasteiger partial charge in [0.2, 0.25) is 5.91 Å². The molecule has 0 unspecified atom stereocenters. The molecule has 0 aliphatic heterocycles. The summed E-state index contributed by atoms with van der Waals surface area (Å²) in [6.45, 7) is 0.715. The van der Waals surface area contributed by atoms with E-state index in [-0.39, 0.29) is 12.5 Å². The highest BCUT2D eigenvalue weighted by Crippen LogP contribution is 2.23. The van der Waals surface area contributed by atoms with Crippen LogP contribution in [0.25, 0.3) is 11.3 Å². The number of methoxy groups -OCH3 is 1. The molecule has 0 saturated heterocycles. The molecule has 7 heteroatoms. The molecule has 0 spiro atoms. The molecule has 0 bridgehead atoms. The van der Waals surface area contributed by atoms with Crippen molar-refractivity contribution in [1.82, 2.24) is 10.1 Å². The average Bonchev–Trinajstić information content (AvgIpc) is 3.12. The molecule has 0 atom stereocenters. The van der Waals surface area contributed by atoms with Gasteiger partial charge >= 0.3 is 0 Å². The summed E-state index contributed by atoms with van der Waals surface area (Å²) in [7, 11) is 3.49. The summed E-state index contributed by atoms with van der Waals surface area (Å²) >= 11 is 3.42. The number of rotatable bonds is 7. The van der Waals surface area contributed by atoms with E-state index in [0.717, 1.165) is 27.2 Å². The number of anilines is 1. The van der Waals surface area contributed by atoms with Crippen molar-refractivity contribution in [3.63, 3.8) is 0 Å². The first-order valence-corrected chi connectivity index (χ1v) is 9.17. The lowest BCUT2D eigenvalue weighted by atomic mass is 10.1. The monoisotopic (exact) mass is 429 g/mol. The van der Waals surface area contributed by atoms with E-state index in [4.69, 9.17) is 9.26 Å². The van der Waals surface area contributed by atoms with Crippen LogP contribution in [0.2, 0.25) is 0 Å². The number of nitrogens with one attached hydrogen (secondary N) is 1. The molecule has 1 N–H and O–H groups in total. The average molecular weight is 430 g/mol. The van der Waals surface area contributed by atoms with E-state index in [9.17, 15) is 4.79 Å². The molecule has 0 aliphatic carbocycles. The van der Waals surface area contributed by atoms with Crippen molar-refractivity contribution in [3.05, 3.63) is 64.8 Å². The maximum atomic E-state index is 12.2. The van der Waals surface area contributed by atoms with Gasteiger partial charge in [0, 0.05) is 16.1 Å². The van der Waals surface area contributed by atoms with Gasteiger partial charge in [-0.25, -0.2) is 0 Å². The van der Waals surface area contributed by atoms with Crippen LogP contribution in [0.15, 0.2) is 63.6 Å². The van der Waals surface area contributed by atoms with Gasteiger partial charge in [-0.2, -0.15) is 0 Å². The fourth-order valence-electron chi connectivity index (χ4n) is 2.60. The fraction of sp³-hybridized carbons (Fsp3) is 0.200. The van der Waals surface area contributed by atoms with Gasteiger partial charge < -0.3 is 14.6 Å². The lowest BCUT2D eigenvalue weighted by Crippen LogP contribution is -2.29. The second-order valence-electron chi connectivity index (χ2n) is 6.11. The zero-order chi connectivity index (χ0) is 19.2. The molecule has 0 radical (unpaired) electrons. The Morgan fingerprint density at radius 2 is 1.96 bits per heavy atom. The highest BCUT2D eigenvalue weighted by molar-refractivity contribution is 9.10. The Morgan fingerprint density at radius 1 is 1.22 bits per heavy atom. The van der Waals surface area contributed by atoms with Gasteiger partial charge in [0.15, 0.2) is 5.76 Å². The number of hydrogen-bond donors (Lipinski definition) is 1. The molecular weight excluding hydrogens is 410 g/mol. The number of benzene rings is 2. The highest BCUT2D eigenvalue weighted by Gasteiger charge is 2.12. The number of ether oxygens (including phenoxy) is 1. The second kappa shape index (κ2) is 8.83. The number of nitrogens with zero attached hydrogens (tertiary/aromatic N) is 2. The minimum absolute atomic E-state index is 0.0979. The number of halogens is 1. The fourth-order valence-corrected chi connectivity index (χ4v) is 2.99. The van der Waals surface area contributed by atoms with Crippen LogP contribution in [0.1, 0.15) is 5.76 Å². The molecule has 2 aromatic carbocycles.